The van der Waals surface area contributed by atoms with Gasteiger partial charge in [-0.2, -0.15) is 22.0 Å². The number of nitrogens with two attached hydrogens (primary N) is 1. The molecule has 0 aliphatic rings. The summed E-state index contributed by atoms with van der Waals surface area (Å²) in [5.41, 5.74) is 6.02. The van der Waals surface area contributed by atoms with Gasteiger partial charge >= 0.3 is 12.1 Å². The maximum absolute atomic E-state index is 12.6. The van der Waals surface area contributed by atoms with Gasteiger partial charge in [-0.05, 0) is 31.0 Å². The fourth-order valence-electron chi connectivity index (χ4n) is 1.71. The molecule has 0 bridgehead atoms. The van der Waals surface area contributed by atoms with Crippen molar-refractivity contribution in [2.45, 2.75) is 24.9 Å². The van der Waals surface area contributed by atoms with E-state index in [9.17, 15) is 31.5 Å². The second-order valence-corrected chi connectivity index (χ2v) is 5.44. The van der Waals surface area contributed by atoms with Gasteiger partial charge in [0.25, 0.3) is 11.8 Å². The van der Waals surface area contributed by atoms with Crippen LogP contribution in [0.4, 0.5) is 27.6 Å². The molecule has 5 nitrogen and oxygen atoms in total. The number of hydrogen-bond acceptors (Lipinski definition) is 3. The number of amides is 2. The minimum atomic E-state index is -5.94. The van der Waals surface area contributed by atoms with Crippen LogP contribution in [0.1, 0.15) is 23.2 Å². The van der Waals surface area contributed by atoms with Crippen LogP contribution in [0.3, 0.4) is 0 Å². The Morgan fingerprint density at radius 1 is 1.04 bits per heavy atom. The first-order valence-electron chi connectivity index (χ1n) is 7.03. The molecule has 0 spiro atoms. The number of alkyl halides is 5. The lowest BCUT2D eigenvalue weighted by Crippen LogP contribution is -2.50. The first kappa shape index (κ1) is 20.9. The molecule has 0 atom stereocenters. The molecule has 25 heavy (non-hydrogen) atoms. The molecule has 1 rings (SSSR count). The summed E-state index contributed by atoms with van der Waals surface area (Å²) in [6.07, 6.45) is -5.62. The maximum Gasteiger partial charge on any atom is 0.463 e. The second-order valence-electron chi connectivity index (χ2n) is 5.03. The van der Waals surface area contributed by atoms with Crippen LogP contribution in [0.15, 0.2) is 18.2 Å². The third-order valence-electron chi connectivity index (χ3n) is 3.05. The van der Waals surface area contributed by atoms with Gasteiger partial charge in [-0.15, -0.1) is 0 Å². The maximum atomic E-state index is 12.6. The zero-order valence-electron chi connectivity index (χ0n) is 12.7. The molecule has 0 aliphatic heterocycles. The predicted octanol–water partition coefficient (Wildman–Crippen LogP) is 2.75. The molecule has 1 aromatic rings. The molecule has 140 valence electrons. The highest BCUT2D eigenvalue weighted by Gasteiger charge is 2.63. The molecule has 4 N–H and O–H groups in total. The first-order chi connectivity index (χ1) is 11.5. The predicted molar refractivity (Wildman–Crippen MR) is 81.4 cm³/mol. The number of nitrogen functional groups attached to an aromatic ring is 1. The van der Waals surface area contributed by atoms with Crippen molar-refractivity contribution in [3.05, 3.63) is 28.8 Å². The number of carbonyl (C=O) groups excluding carboxylic acids is 2. The van der Waals surface area contributed by atoms with Gasteiger partial charge in [0.15, 0.2) is 0 Å². The van der Waals surface area contributed by atoms with E-state index in [-0.39, 0.29) is 36.5 Å². The molecule has 2 amide bonds. The zero-order valence-corrected chi connectivity index (χ0v) is 13.5. The van der Waals surface area contributed by atoms with Crippen molar-refractivity contribution in [3.63, 3.8) is 0 Å². The van der Waals surface area contributed by atoms with E-state index < -0.39 is 23.9 Å². The van der Waals surface area contributed by atoms with Gasteiger partial charge in [0.2, 0.25) is 0 Å². The average Bonchev–Trinajstić information content (AvgIpc) is 2.51. The van der Waals surface area contributed by atoms with Crippen LogP contribution in [-0.2, 0) is 4.79 Å². The highest BCUT2D eigenvalue weighted by Crippen LogP contribution is 2.35. The number of halogens is 6. The summed E-state index contributed by atoms with van der Waals surface area (Å²) in [5.74, 6) is -8.36. The van der Waals surface area contributed by atoms with Gasteiger partial charge in [-0.3, -0.25) is 9.59 Å². The van der Waals surface area contributed by atoms with Crippen molar-refractivity contribution in [1.82, 2.24) is 10.6 Å². The van der Waals surface area contributed by atoms with Gasteiger partial charge in [-0.1, -0.05) is 11.6 Å². The first-order valence-corrected chi connectivity index (χ1v) is 7.40. The summed E-state index contributed by atoms with van der Waals surface area (Å²) < 4.78 is 61.1. The minimum Gasteiger partial charge on any atom is -0.399 e. The lowest BCUT2D eigenvalue weighted by atomic mass is 10.2. The van der Waals surface area contributed by atoms with Gasteiger partial charge in [0, 0.05) is 18.8 Å². The van der Waals surface area contributed by atoms with Crippen molar-refractivity contribution < 1.29 is 31.5 Å². The van der Waals surface area contributed by atoms with E-state index in [0.29, 0.717) is 5.69 Å². The molecule has 0 unspecified atom stereocenters. The van der Waals surface area contributed by atoms with E-state index >= 15 is 0 Å². The van der Waals surface area contributed by atoms with Crippen LogP contribution in [-0.4, -0.2) is 37.0 Å². The smallest absolute Gasteiger partial charge is 0.399 e. The van der Waals surface area contributed by atoms with E-state index in [1.807, 2.05) is 0 Å². The molecular weight excluding hydrogens is 373 g/mol. The number of hydrogen-bond donors (Lipinski definition) is 3. The Morgan fingerprint density at radius 3 is 2.16 bits per heavy atom. The fraction of sp³-hybridized carbons (Fsp3) is 0.429. The Hall–Kier alpha value is -2.10. The molecule has 11 heteroatoms. The zero-order chi connectivity index (χ0) is 19.3. The minimum absolute atomic E-state index is 0.0879. The van der Waals surface area contributed by atoms with Crippen molar-refractivity contribution >= 4 is 29.1 Å². The fourth-order valence-corrected chi connectivity index (χ4v) is 1.91. The van der Waals surface area contributed by atoms with E-state index in [1.165, 1.54) is 23.5 Å². The number of benzene rings is 1. The Bertz CT molecular complexity index is 637. The summed E-state index contributed by atoms with van der Waals surface area (Å²) in [5, 5.41) is 4.18. The Morgan fingerprint density at radius 2 is 1.60 bits per heavy atom. The molecule has 0 saturated carbocycles. The van der Waals surface area contributed by atoms with Crippen molar-refractivity contribution in [3.8, 4) is 0 Å². The summed E-state index contributed by atoms with van der Waals surface area (Å²) >= 11 is 5.84. The van der Waals surface area contributed by atoms with E-state index in [1.54, 1.807) is 0 Å². The summed E-state index contributed by atoms with van der Waals surface area (Å²) in [6.45, 7) is -0.283. The van der Waals surface area contributed by atoms with Gasteiger partial charge in [0.1, 0.15) is 0 Å². The molecular formula is C14H15ClF5N3O2. The Balaban J connectivity index is 2.32. The number of carbonyl (C=O) groups is 2. The van der Waals surface area contributed by atoms with Crippen LogP contribution in [0.25, 0.3) is 0 Å². The largest absolute Gasteiger partial charge is 0.463 e. The third-order valence-corrected chi connectivity index (χ3v) is 3.38. The normalized spacial score (nSPS) is 11.9. The Kier molecular flexibility index (Phi) is 6.97. The topological polar surface area (TPSA) is 84.2 Å². The van der Waals surface area contributed by atoms with E-state index in [4.69, 9.17) is 17.3 Å². The summed E-state index contributed by atoms with van der Waals surface area (Å²) in [7, 11) is 0. The quantitative estimate of drug-likeness (QED) is 0.382. The second kappa shape index (κ2) is 8.32. The van der Waals surface area contributed by atoms with Gasteiger partial charge < -0.3 is 16.4 Å². The molecule has 0 saturated heterocycles. The molecule has 0 fully saturated rings. The third kappa shape index (κ3) is 5.73. The van der Waals surface area contributed by atoms with E-state index in [2.05, 4.69) is 5.32 Å². The molecule has 0 aliphatic carbocycles. The van der Waals surface area contributed by atoms with Gasteiger partial charge in [-0.25, -0.2) is 0 Å². The number of anilines is 1. The monoisotopic (exact) mass is 387 g/mol. The standard InChI is InChI=1S/C14H15ClF5N3O2/c15-10-4-3-8(21)7-9(10)11(24)22-5-1-2-6-23-12(25)13(16,17)14(18,19)20/h3-4,7H,1-2,5-6,21H2,(H,22,24)(H,23,25). The van der Waals surface area contributed by atoms with Gasteiger partial charge in [0.05, 0.1) is 10.6 Å². The summed E-state index contributed by atoms with van der Waals surface area (Å²) in [6, 6.07) is 4.33. The van der Waals surface area contributed by atoms with Crippen molar-refractivity contribution in [1.29, 1.82) is 0 Å². The highest BCUT2D eigenvalue weighted by atomic mass is 35.5. The lowest BCUT2D eigenvalue weighted by Gasteiger charge is -2.18. The SMILES string of the molecule is Nc1ccc(Cl)c(C(=O)NCCCCNC(=O)C(F)(F)C(F)(F)F)c1. The molecule has 0 heterocycles. The van der Waals surface area contributed by atoms with Crippen LogP contribution < -0.4 is 16.4 Å². The van der Waals surface area contributed by atoms with Crippen LogP contribution in [0.5, 0.6) is 0 Å². The van der Waals surface area contributed by atoms with Crippen LogP contribution in [0, 0.1) is 0 Å². The van der Waals surface area contributed by atoms with Crippen LogP contribution in [0.2, 0.25) is 5.02 Å². The van der Waals surface area contributed by atoms with E-state index in [0.717, 1.165) is 0 Å². The Labute approximate surface area is 144 Å². The van der Waals surface area contributed by atoms with Crippen molar-refractivity contribution in [2.24, 2.45) is 0 Å². The lowest BCUT2D eigenvalue weighted by molar-refractivity contribution is -0.269. The number of rotatable bonds is 7. The number of unbranched alkanes of at least 4 members (excludes halogenated alkanes) is 1. The summed E-state index contributed by atoms with van der Waals surface area (Å²) in [4.78, 5) is 22.7. The van der Waals surface area contributed by atoms with Crippen LogP contribution >= 0.6 is 11.6 Å². The molecule has 0 radical (unpaired) electrons. The molecule has 1 aromatic carbocycles. The molecule has 0 aromatic heterocycles. The highest BCUT2D eigenvalue weighted by molar-refractivity contribution is 6.34. The number of nitrogens with one attached hydrogen (secondary N) is 2. The average molecular weight is 388 g/mol. The van der Waals surface area contributed by atoms with Crippen molar-refractivity contribution in [2.75, 3.05) is 18.8 Å².